The van der Waals surface area contributed by atoms with E-state index in [1.54, 1.807) is 6.08 Å². The quantitative estimate of drug-likeness (QED) is 0.0261. The van der Waals surface area contributed by atoms with Gasteiger partial charge in [0, 0.05) is 12.8 Å². The van der Waals surface area contributed by atoms with Crippen molar-refractivity contribution >= 4 is 17.9 Å². The molecule has 0 aromatic rings. The minimum Gasteiger partial charge on any atom is -0.462 e. The molecular formula is C70H118O6. The zero-order valence-corrected chi connectivity index (χ0v) is 49.7. The normalized spacial score (nSPS) is 12.8. The summed E-state index contributed by atoms with van der Waals surface area (Å²) in [5, 5.41) is 0. The fourth-order valence-electron chi connectivity index (χ4n) is 8.86. The Labute approximate surface area is 470 Å². The second-order valence-corrected chi connectivity index (χ2v) is 20.9. The Morgan fingerprint density at radius 3 is 0.868 bits per heavy atom. The number of esters is 3. The summed E-state index contributed by atoms with van der Waals surface area (Å²) >= 11 is 0. The van der Waals surface area contributed by atoms with Crippen molar-refractivity contribution in [2.45, 2.75) is 303 Å². The Hall–Kier alpha value is -3.93. The molecule has 0 aliphatic carbocycles. The molecule has 0 saturated heterocycles. The second-order valence-electron chi connectivity index (χ2n) is 20.9. The van der Waals surface area contributed by atoms with E-state index in [0.29, 0.717) is 12.8 Å². The van der Waals surface area contributed by atoms with Gasteiger partial charge >= 0.3 is 17.9 Å². The molecule has 6 nitrogen and oxygen atoms in total. The van der Waals surface area contributed by atoms with E-state index in [1.807, 2.05) is 6.08 Å². The molecule has 0 aromatic carbocycles. The first-order valence-corrected chi connectivity index (χ1v) is 31.9. The van der Waals surface area contributed by atoms with Crippen LogP contribution in [0.1, 0.15) is 297 Å². The molecule has 0 radical (unpaired) electrons. The van der Waals surface area contributed by atoms with Gasteiger partial charge in [0.25, 0.3) is 0 Å². The molecule has 0 spiro atoms. The van der Waals surface area contributed by atoms with Crippen LogP contribution < -0.4 is 0 Å². The third-order valence-electron chi connectivity index (χ3n) is 13.6. The van der Waals surface area contributed by atoms with E-state index in [-0.39, 0.29) is 31.6 Å². The molecule has 0 saturated carbocycles. The number of rotatable bonds is 57. The molecule has 0 amide bonds. The Morgan fingerprint density at radius 2 is 0.553 bits per heavy atom. The van der Waals surface area contributed by atoms with Crippen LogP contribution in [0.4, 0.5) is 0 Å². The molecule has 1 unspecified atom stereocenters. The Kier molecular flexibility index (Phi) is 60.3. The van der Waals surface area contributed by atoms with E-state index in [9.17, 15) is 14.4 Å². The fraction of sp³-hybridized carbons (Fsp3) is 0.700. The summed E-state index contributed by atoms with van der Waals surface area (Å²) in [6.45, 7) is 6.35. The number of allylic oxidation sites excluding steroid dienone is 17. The molecule has 6 heteroatoms. The highest BCUT2D eigenvalue weighted by atomic mass is 16.6. The van der Waals surface area contributed by atoms with Gasteiger partial charge in [-0.2, -0.15) is 0 Å². The van der Waals surface area contributed by atoms with E-state index in [4.69, 9.17) is 14.2 Å². The van der Waals surface area contributed by atoms with Gasteiger partial charge in [-0.25, -0.2) is 0 Å². The van der Waals surface area contributed by atoms with E-state index >= 15 is 0 Å². The van der Waals surface area contributed by atoms with Crippen molar-refractivity contribution in [2.24, 2.45) is 0 Å². The molecule has 0 fully saturated rings. The van der Waals surface area contributed by atoms with Gasteiger partial charge < -0.3 is 14.2 Å². The van der Waals surface area contributed by atoms with Crippen LogP contribution in [-0.4, -0.2) is 37.2 Å². The standard InChI is InChI=1S/C70H118O6/c1-4-7-10-13-16-19-22-25-27-28-29-30-31-32-33-34-35-36-37-38-39-40-41-42-44-45-48-51-54-57-60-63-69(72)75-66-67(65-74-68(71)62-59-56-53-50-47-24-21-18-15-12-9-6-3)76-70(73)64-61-58-55-52-49-46-43-26-23-20-17-14-11-8-5-2/h7-8,10-11,16-17,19-20,25-27,29-30,43,49,52,58,61,67H,4-6,9,12-15,18,21-24,28,31-42,44-48,50-51,53-57,59-60,62-66H2,1-3H3/b10-7-,11-8-,19-16-,20-17-,27-25-,30-29-,43-26-,52-49-,61-58-. The van der Waals surface area contributed by atoms with Crippen molar-refractivity contribution < 1.29 is 28.6 Å². The maximum Gasteiger partial charge on any atom is 0.310 e. The van der Waals surface area contributed by atoms with Crippen molar-refractivity contribution in [2.75, 3.05) is 13.2 Å². The summed E-state index contributed by atoms with van der Waals surface area (Å²) < 4.78 is 16.8. The Morgan fingerprint density at radius 1 is 0.289 bits per heavy atom. The van der Waals surface area contributed by atoms with E-state index in [1.165, 1.54) is 161 Å². The lowest BCUT2D eigenvalue weighted by atomic mass is 10.0. The van der Waals surface area contributed by atoms with Gasteiger partial charge in [0.2, 0.25) is 0 Å². The molecule has 0 aromatic heterocycles. The number of ether oxygens (including phenoxy) is 3. The number of unbranched alkanes of at least 4 members (excludes halogenated alkanes) is 29. The fourth-order valence-corrected chi connectivity index (χ4v) is 8.86. The zero-order valence-electron chi connectivity index (χ0n) is 49.7. The SMILES string of the molecule is CC/C=C\C/C=C\C/C=C\C/C=C\C/C=C\CC(=O)OC(COC(=O)CCCCCCCCCCCCCC)COC(=O)CCCCCCCCCCCCCCCCCCCC/C=C\C/C=C\C/C=C\C/C=C\CC. The molecule has 0 aliphatic rings. The predicted molar refractivity (Wildman–Crippen MR) is 330 cm³/mol. The average Bonchev–Trinajstić information content (AvgIpc) is 3.42. The first-order valence-electron chi connectivity index (χ1n) is 31.9. The van der Waals surface area contributed by atoms with Gasteiger partial charge in [-0.15, -0.1) is 0 Å². The smallest absolute Gasteiger partial charge is 0.310 e. The highest BCUT2D eigenvalue weighted by molar-refractivity contribution is 5.72. The largest absolute Gasteiger partial charge is 0.462 e. The number of carbonyl (C=O) groups excluding carboxylic acids is 3. The molecule has 0 rings (SSSR count). The van der Waals surface area contributed by atoms with Gasteiger partial charge in [-0.1, -0.05) is 304 Å². The summed E-state index contributed by atoms with van der Waals surface area (Å²) in [4.78, 5) is 38.1. The molecule has 76 heavy (non-hydrogen) atoms. The van der Waals surface area contributed by atoms with Gasteiger partial charge in [-0.3, -0.25) is 14.4 Å². The second kappa shape index (κ2) is 63.6. The number of hydrogen-bond donors (Lipinski definition) is 0. The van der Waals surface area contributed by atoms with E-state index < -0.39 is 12.1 Å². The van der Waals surface area contributed by atoms with Gasteiger partial charge in [0.05, 0.1) is 6.42 Å². The van der Waals surface area contributed by atoms with Crippen LogP contribution in [0.2, 0.25) is 0 Å². The monoisotopic (exact) mass is 1050 g/mol. The van der Waals surface area contributed by atoms with Crippen LogP contribution in [0, 0.1) is 0 Å². The van der Waals surface area contributed by atoms with Crippen LogP contribution >= 0.6 is 0 Å². The van der Waals surface area contributed by atoms with Crippen molar-refractivity contribution in [1.29, 1.82) is 0 Å². The first-order chi connectivity index (χ1) is 37.5. The lowest BCUT2D eigenvalue weighted by Gasteiger charge is -2.18. The molecule has 0 bridgehead atoms. The van der Waals surface area contributed by atoms with E-state index in [2.05, 4.69) is 118 Å². The van der Waals surface area contributed by atoms with Crippen LogP contribution in [-0.2, 0) is 28.6 Å². The molecule has 0 N–H and O–H groups in total. The third-order valence-corrected chi connectivity index (χ3v) is 13.6. The van der Waals surface area contributed by atoms with Crippen LogP contribution in [0.25, 0.3) is 0 Å². The van der Waals surface area contributed by atoms with Crippen molar-refractivity contribution in [3.05, 3.63) is 109 Å². The van der Waals surface area contributed by atoms with Gasteiger partial charge in [0.15, 0.2) is 6.10 Å². The van der Waals surface area contributed by atoms with Crippen molar-refractivity contribution in [3.63, 3.8) is 0 Å². The van der Waals surface area contributed by atoms with Crippen LogP contribution in [0.5, 0.6) is 0 Å². The summed E-state index contributed by atoms with van der Waals surface area (Å²) in [6.07, 6.45) is 87.1. The molecular weight excluding hydrogens is 937 g/mol. The maximum absolute atomic E-state index is 12.8. The zero-order chi connectivity index (χ0) is 55.0. The lowest BCUT2D eigenvalue weighted by Crippen LogP contribution is -2.30. The summed E-state index contributed by atoms with van der Waals surface area (Å²) in [7, 11) is 0. The van der Waals surface area contributed by atoms with Crippen molar-refractivity contribution in [1.82, 2.24) is 0 Å². The van der Waals surface area contributed by atoms with E-state index in [0.717, 1.165) is 96.3 Å². The summed E-state index contributed by atoms with van der Waals surface area (Å²) in [5.41, 5.74) is 0. The van der Waals surface area contributed by atoms with Crippen LogP contribution in [0.3, 0.4) is 0 Å². The van der Waals surface area contributed by atoms with Gasteiger partial charge in [-0.05, 0) is 83.5 Å². The molecule has 0 heterocycles. The summed E-state index contributed by atoms with van der Waals surface area (Å²) in [6, 6.07) is 0. The van der Waals surface area contributed by atoms with Crippen LogP contribution in [0.15, 0.2) is 109 Å². The number of carbonyl (C=O) groups is 3. The predicted octanol–water partition coefficient (Wildman–Crippen LogP) is 21.8. The first kappa shape index (κ1) is 72.1. The minimum atomic E-state index is -0.830. The average molecular weight is 1060 g/mol. The lowest BCUT2D eigenvalue weighted by molar-refractivity contribution is -0.166. The highest BCUT2D eigenvalue weighted by Gasteiger charge is 2.19. The molecule has 1 atom stereocenters. The summed E-state index contributed by atoms with van der Waals surface area (Å²) in [5.74, 6) is -1.04. The van der Waals surface area contributed by atoms with Gasteiger partial charge in [0.1, 0.15) is 13.2 Å². The topological polar surface area (TPSA) is 78.9 Å². The minimum absolute atomic E-state index is 0.0979. The Balaban J connectivity index is 4.22. The molecule has 0 aliphatic heterocycles. The maximum atomic E-state index is 12.8. The highest BCUT2D eigenvalue weighted by Crippen LogP contribution is 2.17. The Bertz CT molecular complexity index is 1540. The third kappa shape index (κ3) is 60.9. The molecule has 434 valence electrons. The van der Waals surface area contributed by atoms with Crippen molar-refractivity contribution in [3.8, 4) is 0 Å². The number of hydrogen-bond acceptors (Lipinski definition) is 6.